The van der Waals surface area contributed by atoms with Crippen LogP contribution in [0, 0.1) is 24.3 Å². The van der Waals surface area contributed by atoms with Crippen LogP contribution in [-0.2, 0) is 17.8 Å². The number of allylic oxidation sites excluding steroid dienone is 2. The van der Waals surface area contributed by atoms with Crippen LogP contribution in [0.4, 0.5) is 0 Å². The van der Waals surface area contributed by atoms with Gasteiger partial charge in [-0.05, 0) is 47.3 Å². The maximum atomic E-state index is 10.4. The lowest BCUT2D eigenvalue weighted by Crippen LogP contribution is -2.18. The van der Waals surface area contributed by atoms with Crippen molar-refractivity contribution in [1.82, 2.24) is 0 Å². The van der Waals surface area contributed by atoms with Gasteiger partial charge in [0, 0.05) is 6.61 Å². The van der Waals surface area contributed by atoms with Crippen LogP contribution in [-0.4, -0.2) is 11.7 Å². The van der Waals surface area contributed by atoms with Crippen LogP contribution < -0.4 is 0 Å². The molecule has 1 aliphatic rings. The Morgan fingerprint density at radius 2 is 1.83 bits per heavy atom. The highest BCUT2D eigenvalue weighted by Gasteiger charge is 2.33. The average Bonchev–Trinajstić information content (AvgIpc) is 3.06. The maximum Gasteiger partial charge on any atom is 0.168 e. The monoisotopic (exact) mass is 403 g/mol. The molecule has 0 aliphatic heterocycles. The molecular weight excluding hydrogens is 370 g/mol. The van der Waals surface area contributed by atoms with Crippen molar-refractivity contribution in [1.29, 1.82) is 0 Å². The summed E-state index contributed by atoms with van der Waals surface area (Å²) in [4.78, 5) is 3.88. The maximum absolute atomic E-state index is 10.4. The van der Waals surface area contributed by atoms with Crippen molar-refractivity contribution < 1.29 is 9.84 Å². The van der Waals surface area contributed by atoms with E-state index in [1.807, 2.05) is 44.2 Å². The van der Waals surface area contributed by atoms with E-state index in [4.69, 9.17) is 11.3 Å². The number of aryl methyl sites for hydroxylation is 1. The second-order valence-corrected chi connectivity index (χ2v) is 8.82. The van der Waals surface area contributed by atoms with Crippen molar-refractivity contribution in [3.8, 4) is 0 Å². The fourth-order valence-corrected chi connectivity index (χ4v) is 4.45. The molecule has 3 atom stereocenters. The van der Waals surface area contributed by atoms with E-state index >= 15 is 0 Å². The lowest BCUT2D eigenvalue weighted by atomic mass is 9.88. The molecule has 2 aromatic carbocycles. The number of aliphatic hydroxyl groups is 1. The highest BCUT2D eigenvalue weighted by atomic mass is 16.5. The molecule has 2 aromatic rings. The van der Waals surface area contributed by atoms with E-state index in [1.165, 1.54) is 16.7 Å². The molecule has 0 spiro atoms. The fourth-order valence-electron chi connectivity index (χ4n) is 4.45. The van der Waals surface area contributed by atoms with Crippen molar-refractivity contribution in [3.05, 3.63) is 94.0 Å². The first-order valence-corrected chi connectivity index (χ1v) is 10.9. The summed E-state index contributed by atoms with van der Waals surface area (Å²) < 4.78 is 6.04. The van der Waals surface area contributed by atoms with Gasteiger partial charge in [0.2, 0.25) is 0 Å². The van der Waals surface area contributed by atoms with Crippen molar-refractivity contribution in [2.24, 2.45) is 17.8 Å². The number of aliphatic hydroxyl groups excluding tert-OH is 1. The van der Waals surface area contributed by atoms with Crippen molar-refractivity contribution in [3.63, 3.8) is 0 Å². The zero-order valence-electron chi connectivity index (χ0n) is 18.3. The lowest BCUT2D eigenvalue weighted by Gasteiger charge is -2.21. The summed E-state index contributed by atoms with van der Waals surface area (Å²) in [5.41, 5.74) is 5.54. The number of hydrogen-bond acceptors (Lipinski definition) is 2. The van der Waals surface area contributed by atoms with Crippen molar-refractivity contribution >= 4 is 0 Å². The first-order chi connectivity index (χ1) is 14.5. The van der Waals surface area contributed by atoms with Crippen LogP contribution in [0.2, 0.25) is 0 Å². The molecular formula is C27H33NO2. The summed E-state index contributed by atoms with van der Waals surface area (Å²) in [5.74, 6) is 0.805. The predicted octanol–water partition coefficient (Wildman–Crippen LogP) is 6.35. The topological polar surface area (TPSA) is 33.8 Å². The normalized spacial score (nSPS) is 19.9. The van der Waals surface area contributed by atoms with E-state index in [0.717, 1.165) is 30.5 Å². The number of rotatable bonds is 9. The second kappa shape index (κ2) is 10.6. The Labute approximate surface area is 181 Å². The van der Waals surface area contributed by atoms with Crippen molar-refractivity contribution in [2.45, 2.75) is 52.7 Å². The van der Waals surface area contributed by atoms with E-state index < -0.39 is 6.10 Å². The molecule has 0 heterocycles. The molecule has 3 nitrogen and oxygen atoms in total. The van der Waals surface area contributed by atoms with E-state index in [0.29, 0.717) is 19.1 Å². The van der Waals surface area contributed by atoms with E-state index in [9.17, 15) is 5.11 Å². The molecule has 3 heteroatoms. The molecule has 1 unspecified atom stereocenters. The number of nitrogens with zero attached hydrogens (tertiary/aromatic N) is 1. The zero-order chi connectivity index (χ0) is 21.5. The third-order valence-electron chi connectivity index (χ3n) is 6.16. The van der Waals surface area contributed by atoms with Gasteiger partial charge in [0.1, 0.15) is 0 Å². The third kappa shape index (κ3) is 5.59. The molecule has 0 saturated carbocycles. The zero-order valence-corrected chi connectivity index (χ0v) is 18.3. The minimum Gasteiger partial charge on any atom is -0.388 e. The smallest absolute Gasteiger partial charge is 0.168 e. The van der Waals surface area contributed by atoms with E-state index in [2.05, 4.69) is 36.0 Å². The third-order valence-corrected chi connectivity index (χ3v) is 6.16. The first-order valence-electron chi connectivity index (χ1n) is 10.9. The van der Waals surface area contributed by atoms with Crippen LogP contribution in [0.1, 0.15) is 56.4 Å². The molecule has 0 amide bonds. The molecule has 1 aliphatic carbocycles. The van der Waals surface area contributed by atoms with Gasteiger partial charge in [-0.15, -0.1) is 0 Å². The second-order valence-electron chi connectivity index (χ2n) is 8.82. The Bertz CT molecular complexity index is 895. The average molecular weight is 404 g/mol. The van der Waals surface area contributed by atoms with Crippen LogP contribution >= 0.6 is 0 Å². The molecule has 3 rings (SSSR count). The summed E-state index contributed by atoms with van der Waals surface area (Å²) in [6, 6.07) is 18.5. The SMILES string of the molecule is [C-]#[N+]C1=C(C)C[C@H](COCc2ccccc2)[C@H]1CCc1cccc(C(O)C(C)C)c1. The fraction of sp³-hybridized carbons (Fsp3) is 0.444. The van der Waals surface area contributed by atoms with Gasteiger partial charge in [0.05, 0.1) is 19.3 Å². The van der Waals surface area contributed by atoms with Gasteiger partial charge in [0.25, 0.3) is 0 Å². The van der Waals surface area contributed by atoms with Crippen LogP contribution in [0.5, 0.6) is 0 Å². The highest BCUT2D eigenvalue weighted by Crippen LogP contribution is 2.41. The quantitative estimate of drug-likeness (QED) is 0.495. The molecule has 1 N–H and O–H groups in total. The molecule has 0 bridgehead atoms. The van der Waals surface area contributed by atoms with E-state index in [1.54, 1.807) is 0 Å². The van der Waals surface area contributed by atoms with Gasteiger partial charge in [-0.1, -0.05) is 87.4 Å². The Kier molecular flexibility index (Phi) is 7.85. The van der Waals surface area contributed by atoms with Gasteiger partial charge in [0.15, 0.2) is 5.70 Å². The summed E-state index contributed by atoms with van der Waals surface area (Å²) >= 11 is 0. The molecule has 0 radical (unpaired) electrons. The summed E-state index contributed by atoms with van der Waals surface area (Å²) in [6.45, 7) is 15.1. The van der Waals surface area contributed by atoms with Gasteiger partial charge in [-0.2, -0.15) is 0 Å². The van der Waals surface area contributed by atoms with Gasteiger partial charge in [-0.25, -0.2) is 4.85 Å². The van der Waals surface area contributed by atoms with Crippen LogP contribution in [0.3, 0.4) is 0 Å². The first kappa shape index (κ1) is 22.3. The number of benzene rings is 2. The largest absolute Gasteiger partial charge is 0.388 e. The summed E-state index contributed by atoms with van der Waals surface area (Å²) in [6.07, 6.45) is 2.36. The standard InChI is InChI=1S/C27H33NO2/c1-19(2)27(29)23-12-8-11-21(16-23)13-14-25-24(15-20(3)26(25)28-4)18-30-17-22-9-6-5-7-10-22/h5-12,16,19,24-25,27,29H,13-15,17-18H2,1-3H3/t24-,25-,27?/m1/s1. The lowest BCUT2D eigenvalue weighted by molar-refractivity contribution is 0.0750. The number of ether oxygens (including phenoxy) is 1. The minimum atomic E-state index is -0.434. The molecule has 0 fully saturated rings. The van der Waals surface area contributed by atoms with Crippen LogP contribution in [0.25, 0.3) is 4.85 Å². The Morgan fingerprint density at radius 1 is 1.10 bits per heavy atom. The predicted molar refractivity (Wildman–Crippen MR) is 122 cm³/mol. The Morgan fingerprint density at radius 3 is 2.53 bits per heavy atom. The van der Waals surface area contributed by atoms with Crippen molar-refractivity contribution in [2.75, 3.05) is 6.61 Å². The van der Waals surface area contributed by atoms with Gasteiger partial charge in [-0.3, -0.25) is 0 Å². The van der Waals surface area contributed by atoms with Crippen LogP contribution in [0.15, 0.2) is 65.9 Å². The number of hydrogen-bond donors (Lipinski definition) is 1. The minimum absolute atomic E-state index is 0.195. The molecule has 0 saturated heterocycles. The molecule has 158 valence electrons. The van der Waals surface area contributed by atoms with Gasteiger partial charge >= 0.3 is 0 Å². The highest BCUT2D eigenvalue weighted by molar-refractivity contribution is 5.30. The Hall–Kier alpha value is -2.41. The van der Waals surface area contributed by atoms with E-state index in [-0.39, 0.29) is 11.8 Å². The molecule has 0 aromatic heterocycles. The summed E-state index contributed by atoms with van der Waals surface area (Å²) in [7, 11) is 0. The molecule has 30 heavy (non-hydrogen) atoms. The summed E-state index contributed by atoms with van der Waals surface area (Å²) in [5, 5.41) is 10.4. The van der Waals surface area contributed by atoms with Gasteiger partial charge < -0.3 is 9.84 Å². The Balaban J connectivity index is 1.62.